The number of cyclic esters (lactones) is 1. The maximum atomic E-state index is 11.8. The van der Waals surface area contributed by atoms with Crippen molar-refractivity contribution in [3.05, 3.63) is 60.7 Å². The van der Waals surface area contributed by atoms with Gasteiger partial charge in [-0.05, 0) is 29.3 Å². The van der Waals surface area contributed by atoms with Crippen molar-refractivity contribution in [1.82, 2.24) is 5.32 Å². The van der Waals surface area contributed by atoms with E-state index in [1.807, 2.05) is 26.0 Å². The van der Waals surface area contributed by atoms with Gasteiger partial charge in [0.05, 0.1) is 12.6 Å². The molecule has 1 N–H and O–H groups in total. The molecule has 144 valence electrons. The lowest BCUT2D eigenvalue weighted by Gasteiger charge is -2.44. The van der Waals surface area contributed by atoms with Crippen molar-refractivity contribution in [3.63, 3.8) is 0 Å². The summed E-state index contributed by atoms with van der Waals surface area (Å²) in [5.41, 5.74) is -0.595. The topological polar surface area (TPSA) is 47.6 Å². The lowest BCUT2D eigenvalue weighted by molar-refractivity contribution is 0.0556. The van der Waals surface area contributed by atoms with Crippen LogP contribution in [0.2, 0.25) is 5.04 Å². The van der Waals surface area contributed by atoms with Crippen LogP contribution in [0.25, 0.3) is 0 Å². The number of nitrogens with one attached hydrogen (secondary N) is 1. The molecule has 1 amide bonds. The summed E-state index contributed by atoms with van der Waals surface area (Å²) < 4.78 is 12.3. The molecule has 1 saturated heterocycles. The molecular formula is C22H29NO3Si. The molecule has 4 nitrogen and oxygen atoms in total. The van der Waals surface area contributed by atoms with Crippen molar-refractivity contribution < 1.29 is 14.0 Å². The molecule has 1 atom stereocenters. The Labute approximate surface area is 163 Å². The van der Waals surface area contributed by atoms with Crippen LogP contribution in [0.1, 0.15) is 34.6 Å². The predicted octanol–water partition coefficient (Wildman–Crippen LogP) is 3.45. The summed E-state index contributed by atoms with van der Waals surface area (Å²) in [6.45, 7) is 11.0. The third-order valence-corrected chi connectivity index (χ3v) is 10.4. The fourth-order valence-electron chi connectivity index (χ4n) is 3.87. The highest BCUT2D eigenvalue weighted by atomic mass is 28.4. The Morgan fingerprint density at radius 2 is 1.48 bits per heavy atom. The van der Waals surface area contributed by atoms with Crippen LogP contribution in [0.15, 0.2) is 60.7 Å². The fraction of sp³-hybridized carbons (Fsp3) is 0.409. The molecule has 0 saturated carbocycles. The van der Waals surface area contributed by atoms with Gasteiger partial charge in [-0.3, -0.25) is 0 Å². The Hall–Kier alpha value is -2.11. The van der Waals surface area contributed by atoms with E-state index in [1.165, 1.54) is 10.4 Å². The summed E-state index contributed by atoms with van der Waals surface area (Å²) in [4.78, 5) is 11.8. The van der Waals surface area contributed by atoms with Crippen molar-refractivity contribution in [2.24, 2.45) is 0 Å². The highest BCUT2D eigenvalue weighted by Crippen LogP contribution is 2.37. The lowest BCUT2D eigenvalue weighted by atomic mass is 10.0. The first-order valence-corrected chi connectivity index (χ1v) is 11.3. The third-order valence-electron chi connectivity index (χ3n) is 5.37. The molecule has 0 unspecified atom stereocenters. The third kappa shape index (κ3) is 3.66. The van der Waals surface area contributed by atoms with E-state index in [-0.39, 0.29) is 17.2 Å². The van der Waals surface area contributed by atoms with E-state index < -0.39 is 13.9 Å². The van der Waals surface area contributed by atoms with E-state index in [9.17, 15) is 4.79 Å². The van der Waals surface area contributed by atoms with Crippen LogP contribution in [0.3, 0.4) is 0 Å². The molecule has 0 aromatic heterocycles. The van der Waals surface area contributed by atoms with Crippen LogP contribution in [-0.2, 0) is 9.16 Å². The lowest BCUT2D eigenvalue weighted by Crippen LogP contribution is -2.67. The van der Waals surface area contributed by atoms with Gasteiger partial charge in [-0.15, -0.1) is 0 Å². The first-order valence-electron chi connectivity index (χ1n) is 9.41. The summed E-state index contributed by atoms with van der Waals surface area (Å²) in [6, 6.07) is 20.8. The Balaban J connectivity index is 2.06. The van der Waals surface area contributed by atoms with Crippen LogP contribution in [-0.4, -0.2) is 32.7 Å². The van der Waals surface area contributed by atoms with Crippen LogP contribution in [0.4, 0.5) is 4.79 Å². The molecule has 2 aromatic rings. The summed E-state index contributed by atoms with van der Waals surface area (Å²) in [5, 5.41) is 5.27. The van der Waals surface area contributed by atoms with E-state index in [0.29, 0.717) is 6.61 Å². The normalized spacial score (nSPS) is 19.4. The van der Waals surface area contributed by atoms with Gasteiger partial charge < -0.3 is 14.5 Å². The number of alkyl carbamates (subject to hydrolysis) is 1. The number of hydrogen-bond acceptors (Lipinski definition) is 3. The van der Waals surface area contributed by atoms with Crippen molar-refractivity contribution in [2.45, 2.75) is 51.3 Å². The molecular weight excluding hydrogens is 354 g/mol. The van der Waals surface area contributed by atoms with Gasteiger partial charge in [-0.25, -0.2) is 4.79 Å². The molecule has 5 heteroatoms. The fourth-order valence-corrected chi connectivity index (χ4v) is 8.44. The Kier molecular flexibility index (Phi) is 5.19. The molecule has 0 bridgehead atoms. The number of ether oxygens (including phenoxy) is 1. The highest BCUT2D eigenvalue weighted by Gasteiger charge is 2.52. The van der Waals surface area contributed by atoms with Gasteiger partial charge in [-0.2, -0.15) is 0 Å². The molecule has 0 spiro atoms. The number of amides is 1. The number of carbonyl (C=O) groups excluding carboxylic acids is 1. The minimum atomic E-state index is -2.61. The Bertz CT molecular complexity index is 745. The smallest absolute Gasteiger partial charge is 0.408 e. The van der Waals surface area contributed by atoms with Crippen LogP contribution in [0.5, 0.6) is 0 Å². The number of hydrogen-bond donors (Lipinski definition) is 1. The first-order chi connectivity index (χ1) is 12.7. The second-order valence-electron chi connectivity index (χ2n) is 8.66. The van der Waals surface area contributed by atoms with E-state index in [4.69, 9.17) is 9.16 Å². The molecule has 1 aliphatic heterocycles. The molecule has 1 fully saturated rings. The molecule has 1 heterocycles. The van der Waals surface area contributed by atoms with Gasteiger partial charge in [0.1, 0.15) is 5.60 Å². The molecule has 0 radical (unpaired) electrons. The Morgan fingerprint density at radius 3 is 1.85 bits per heavy atom. The van der Waals surface area contributed by atoms with Crippen molar-refractivity contribution in [3.8, 4) is 0 Å². The second kappa shape index (κ2) is 7.13. The Morgan fingerprint density at radius 1 is 1.00 bits per heavy atom. The summed E-state index contributed by atoms with van der Waals surface area (Å²) >= 11 is 0. The van der Waals surface area contributed by atoms with Crippen LogP contribution < -0.4 is 15.7 Å². The standard InChI is InChI=1S/C22H29NO3Si/c1-21(2,3)27(17-12-8-6-9-13-17,18-14-10-7-11-15-18)25-16-19-22(4,5)26-20(24)23-19/h6-15,19H,16H2,1-5H3,(H,23,24)/t19-/m0/s1. The van der Waals surface area contributed by atoms with Crippen LogP contribution in [0, 0.1) is 0 Å². The van der Waals surface area contributed by atoms with Gasteiger partial charge in [0.15, 0.2) is 0 Å². The largest absolute Gasteiger partial charge is 0.441 e. The van der Waals surface area contributed by atoms with E-state index in [1.54, 1.807) is 0 Å². The van der Waals surface area contributed by atoms with E-state index in [0.717, 1.165) is 0 Å². The number of rotatable bonds is 5. The second-order valence-corrected chi connectivity index (χ2v) is 13.0. The van der Waals surface area contributed by atoms with E-state index in [2.05, 4.69) is 74.6 Å². The molecule has 0 aliphatic carbocycles. The molecule has 2 aromatic carbocycles. The highest BCUT2D eigenvalue weighted by molar-refractivity contribution is 6.99. The average Bonchev–Trinajstić information content (AvgIpc) is 2.88. The predicted molar refractivity (Wildman–Crippen MR) is 111 cm³/mol. The minimum Gasteiger partial charge on any atom is -0.441 e. The first kappa shape index (κ1) is 19.6. The molecule has 3 rings (SSSR count). The van der Waals surface area contributed by atoms with Gasteiger partial charge in [0, 0.05) is 0 Å². The van der Waals surface area contributed by atoms with Gasteiger partial charge in [0.25, 0.3) is 8.32 Å². The van der Waals surface area contributed by atoms with Gasteiger partial charge >= 0.3 is 6.09 Å². The van der Waals surface area contributed by atoms with Crippen molar-refractivity contribution in [2.75, 3.05) is 6.61 Å². The zero-order valence-electron chi connectivity index (χ0n) is 16.8. The van der Waals surface area contributed by atoms with Gasteiger partial charge in [-0.1, -0.05) is 81.4 Å². The van der Waals surface area contributed by atoms with Crippen molar-refractivity contribution >= 4 is 24.8 Å². The quantitative estimate of drug-likeness (QED) is 0.805. The van der Waals surface area contributed by atoms with Crippen molar-refractivity contribution in [1.29, 1.82) is 0 Å². The monoisotopic (exact) mass is 383 g/mol. The molecule has 1 aliphatic rings. The molecule has 27 heavy (non-hydrogen) atoms. The summed E-state index contributed by atoms with van der Waals surface area (Å²) in [6.07, 6.45) is -0.379. The van der Waals surface area contributed by atoms with E-state index >= 15 is 0 Å². The SMILES string of the molecule is CC1(C)OC(=O)N[C@H]1CO[Si](c1ccccc1)(c1ccccc1)C(C)(C)C. The van der Waals surface area contributed by atoms with Gasteiger partial charge in [0.2, 0.25) is 0 Å². The minimum absolute atomic E-state index is 0.0939. The number of benzene rings is 2. The maximum absolute atomic E-state index is 11.8. The zero-order chi connectivity index (χ0) is 19.7. The van der Waals surface area contributed by atoms with Crippen LogP contribution >= 0.6 is 0 Å². The maximum Gasteiger partial charge on any atom is 0.408 e. The average molecular weight is 384 g/mol. The summed E-state index contributed by atoms with van der Waals surface area (Å²) in [5.74, 6) is 0. The zero-order valence-corrected chi connectivity index (χ0v) is 17.8. The number of carbonyl (C=O) groups is 1. The summed E-state index contributed by atoms with van der Waals surface area (Å²) in [7, 11) is -2.61.